The summed E-state index contributed by atoms with van der Waals surface area (Å²) in [5.41, 5.74) is 1.12. The van der Waals surface area contributed by atoms with Gasteiger partial charge in [0.05, 0.1) is 19.6 Å². The highest BCUT2D eigenvalue weighted by atomic mass is 127. The van der Waals surface area contributed by atoms with Crippen LogP contribution in [0, 0.1) is 0 Å². The lowest BCUT2D eigenvalue weighted by molar-refractivity contribution is -0.170. The molecule has 16 heavy (non-hydrogen) atoms. The predicted molar refractivity (Wildman–Crippen MR) is 72.1 cm³/mol. The minimum absolute atomic E-state index is 0.116. The number of carbonyl (C=O) groups excluding carboxylic acids is 1. The fraction of sp³-hybridized carbons (Fsp3) is 0.545. The average molecular weight is 339 g/mol. The average Bonchev–Trinajstić information content (AvgIpc) is 2.32. The topological polar surface area (TPSA) is 38.8 Å². The van der Waals surface area contributed by atoms with Gasteiger partial charge in [-0.1, -0.05) is 34.7 Å². The highest BCUT2D eigenvalue weighted by Crippen LogP contribution is 2.06. The van der Waals surface area contributed by atoms with Crippen molar-refractivity contribution in [3.8, 4) is 0 Å². The molecule has 0 saturated heterocycles. The summed E-state index contributed by atoms with van der Waals surface area (Å²) in [6.07, 6.45) is 3.84. The lowest BCUT2D eigenvalue weighted by Gasteiger charge is -2.16. The Kier molecular flexibility index (Phi) is 8.50. The Hall–Kier alpha value is -0.400. The molecule has 0 radical (unpaired) electrons. The van der Waals surface area contributed by atoms with Crippen LogP contribution in [0.15, 0.2) is 21.8 Å². The van der Waals surface area contributed by atoms with Crippen LogP contribution in [0.1, 0.15) is 13.3 Å². The van der Waals surface area contributed by atoms with Crippen LogP contribution in [0.5, 0.6) is 0 Å². The minimum Gasteiger partial charge on any atom is -0.377 e. The second-order valence-corrected chi connectivity index (χ2v) is 3.89. The van der Waals surface area contributed by atoms with E-state index in [1.54, 1.807) is 14.2 Å². The molecule has 0 saturated carbocycles. The maximum absolute atomic E-state index is 11.5. The molecule has 0 aromatic carbocycles. The van der Waals surface area contributed by atoms with Crippen molar-refractivity contribution in [3.63, 3.8) is 0 Å². The molecule has 0 aromatic rings. The summed E-state index contributed by atoms with van der Waals surface area (Å²) in [6.45, 7) is 1.98. The first-order valence-electron chi connectivity index (χ1n) is 4.83. The van der Waals surface area contributed by atoms with E-state index in [0.717, 1.165) is 5.57 Å². The summed E-state index contributed by atoms with van der Waals surface area (Å²) in [7, 11) is 4.62. The molecular formula is C11H18INO3. The second-order valence-electron chi connectivity index (χ2n) is 3.26. The molecule has 0 aliphatic heterocycles. The first-order valence-corrected chi connectivity index (χ1v) is 6.08. The van der Waals surface area contributed by atoms with Crippen molar-refractivity contribution in [2.75, 3.05) is 21.3 Å². The fourth-order valence-corrected chi connectivity index (χ4v) is 1.14. The maximum Gasteiger partial charge on any atom is 0.248 e. The number of halogens is 1. The number of allylic oxidation sites excluding steroid dienone is 2. The second kappa shape index (κ2) is 8.72. The van der Waals surface area contributed by atoms with Gasteiger partial charge in [0, 0.05) is 14.2 Å². The number of hydroxylamine groups is 2. The van der Waals surface area contributed by atoms with Gasteiger partial charge < -0.3 is 4.74 Å². The lowest BCUT2D eigenvalue weighted by atomic mass is 10.2. The Morgan fingerprint density at radius 2 is 2.12 bits per heavy atom. The number of ether oxygens (including phenoxy) is 1. The van der Waals surface area contributed by atoms with E-state index < -0.39 is 0 Å². The Bertz CT molecular complexity index is 276. The van der Waals surface area contributed by atoms with Crippen molar-refractivity contribution in [1.82, 2.24) is 5.06 Å². The van der Waals surface area contributed by atoms with Gasteiger partial charge in [0.25, 0.3) is 0 Å². The third-order valence-corrected chi connectivity index (χ3v) is 3.03. The lowest BCUT2D eigenvalue weighted by Crippen LogP contribution is -2.29. The molecule has 4 nitrogen and oxygen atoms in total. The molecular weight excluding hydrogens is 321 g/mol. The molecule has 0 rings (SSSR count). The van der Waals surface area contributed by atoms with Crippen LogP contribution >= 0.6 is 22.6 Å². The zero-order valence-electron chi connectivity index (χ0n) is 10.1. The quantitative estimate of drug-likeness (QED) is 0.424. The minimum atomic E-state index is -0.226. The zero-order chi connectivity index (χ0) is 12.6. The smallest absolute Gasteiger partial charge is 0.248 e. The predicted octanol–water partition coefficient (Wildman–Crippen LogP) is 2.31. The van der Waals surface area contributed by atoms with Crippen LogP contribution in [0.3, 0.4) is 0 Å². The van der Waals surface area contributed by atoms with Crippen molar-refractivity contribution in [3.05, 3.63) is 21.8 Å². The Labute approximate surface area is 110 Å². The van der Waals surface area contributed by atoms with Gasteiger partial charge in [-0.25, -0.2) is 5.06 Å². The SMILES string of the molecule is CO[C@@H](/C=C/C(C)=C/I)CC(=O)N(C)OC. The summed E-state index contributed by atoms with van der Waals surface area (Å²) in [4.78, 5) is 16.3. The molecule has 0 heterocycles. The molecule has 5 heteroatoms. The standard InChI is InChI=1S/C11H18INO3/c1-9(8-12)5-6-10(15-3)7-11(14)13(2)16-4/h5-6,8,10H,7H2,1-4H3/b6-5+,9-8+/t10-/m0/s1. The summed E-state index contributed by atoms with van der Waals surface area (Å²) in [5, 5.41) is 1.20. The van der Waals surface area contributed by atoms with Crippen LogP contribution in [-0.4, -0.2) is 38.3 Å². The van der Waals surface area contributed by atoms with Crippen LogP contribution in [-0.2, 0) is 14.4 Å². The third kappa shape index (κ3) is 6.24. The van der Waals surface area contributed by atoms with E-state index in [-0.39, 0.29) is 18.4 Å². The van der Waals surface area contributed by atoms with Crippen LogP contribution < -0.4 is 0 Å². The van der Waals surface area contributed by atoms with Crippen molar-refractivity contribution < 1.29 is 14.4 Å². The number of amides is 1. The Morgan fingerprint density at radius 1 is 1.50 bits per heavy atom. The Balaban J connectivity index is 4.31. The van der Waals surface area contributed by atoms with Crippen molar-refractivity contribution >= 4 is 28.5 Å². The van der Waals surface area contributed by atoms with Gasteiger partial charge in [-0.05, 0) is 16.6 Å². The van der Waals surface area contributed by atoms with Crippen molar-refractivity contribution in [2.24, 2.45) is 0 Å². The largest absolute Gasteiger partial charge is 0.377 e. The van der Waals surface area contributed by atoms with Gasteiger partial charge in [-0.3, -0.25) is 9.63 Å². The third-order valence-electron chi connectivity index (χ3n) is 2.05. The summed E-state index contributed by atoms with van der Waals surface area (Å²) in [5.74, 6) is -0.116. The molecule has 0 fully saturated rings. The number of hydrogen-bond donors (Lipinski definition) is 0. The Morgan fingerprint density at radius 3 is 2.56 bits per heavy atom. The number of carbonyl (C=O) groups is 1. The molecule has 1 atom stereocenters. The normalized spacial score (nSPS) is 14.2. The number of nitrogens with zero attached hydrogens (tertiary/aromatic N) is 1. The van der Waals surface area contributed by atoms with E-state index >= 15 is 0 Å². The van der Waals surface area contributed by atoms with E-state index in [0.29, 0.717) is 0 Å². The van der Waals surface area contributed by atoms with Gasteiger partial charge >= 0.3 is 0 Å². The van der Waals surface area contributed by atoms with E-state index in [9.17, 15) is 4.79 Å². The van der Waals surface area contributed by atoms with Gasteiger partial charge in [0.15, 0.2) is 0 Å². The molecule has 0 aromatic heterocycles. The molecule has 0 aliphatic rings. The summed E-state index contributed by atoms with van der Waals surface area (Å²) in [6, 6.07) is 0. The molecule has 92 valence electrons. The number of methoxy groups -OCH3 is 1. The van der Waals surface area contributed by atoms with E-state index in [1.807, 2.05) is 23.2 Å². The molecule has 0 unspecified atom stereocenters. The first-order chi connectivity index (χ1) is 7.54. The zero-order valence-corrected chi connectivity index (χ0v) is 12.2. The van der Waals surface area contributed by atoms with Gasteiger partial charge in [-0.2, -0.15) is 0 Å². The van der Waals surface area contributed by atoms with E-state index in [1.165, 1.54) is 12.2 Å². The van der Waals surface area contributed by atoms with Crippen LogP contribution in [0.4, 0.5) is 0 Å². The molecule has 1 amide bonds. The fourth-order valence-electron chi connectivity index (χ4n) is 0.928. The first kappa shape index (κ1) is 15.6. The number of hydrogen-bond acceptors (Lipinski definition) is 3. The summed E-state index contributed by atoms with van der Waals surface area (Å²) >= 11 is 2.17. The van der Waals surface area contributed by atoms with Crippen LogP contribution in [0.25, 0.3) is 0 Å². The highest BCUT2D eigenvalue weighted by molar-refractivity contribution is 14.1. The highest BCUT2D eigenvalue weighted by Gasteiger charge is 2.13. The van der Waals surface area contributed by atoms with Gasteiger partial charge in [0.2, 0.25) is 5.91 Å². The van der Waals surface area contributed by atoms with Crippen molar-refractivity contribution in [1.29, 1.82) is 0 Å². The monoisotopic (exact) mass is 339 g/mol. The van der Waals surface area contributed by atoms with E-state index in [2.05, 4.69) is 22.6 Å². The van der Waals surface area contributed by atoms with Crippen molar-refractivity contribution in [2.45, 2.75) is 19.4 Å². The maximum atomic E-state index is 11.5. The van der Waals surface area contributed by atoms with Gasteiger partial charge in [0.1, 0.15) is 0 Å². The molecule has 0 bridgehead atoms. The molecule has 0 spiro atoms. The van der Waals surface area contributed by atoms with E-state index in [4.69, 9.17) is 9.57 Å². The molecule has 0 aliphatic carbocycles. The number of rotatable bonds is 6. The van der Waals surface area contributed by atoms with Gasteiger partial charge in [-0.15, -0.1) is 0 Å². The summed E-state index contributed by atoms with van der Waals surface area (Å²) < 4.78 is 7.15. The van der Waals surface area contributed by atoms with Crippen LogP contribution in [0.2, 0.25) is 0 Å². The molecule has 0 N–H and O–H groups in total.